The molecule has 1 aromatic rings. The van der Waals surface area contributed by atoms with Gasteiger partial charge in [-0.25, -0.2) is 4.79 Å². The molecule has 0 amide bonds. The second-order valence-corrected chi connectivity index (χ2v) is 3.50. The fraction of sp³-hybridized carbons (Fsp3) is 0.364. The zero-order valence-electron chi connectivity index (χ0n) is 8.75. The summed E-state index contributed by atoms with van der Waals surface area (Å²) < 4.78 is 10.3. The molecule has 3 nitrogen and oxygen atoms in total. The Morgan fingerprint density at radius 3 is 2.80 bits per heavy atom. The van der Waals surface area contributed by atoms with Gasteiger partial charge in [0.05, 0.1) is 12.2 Å². The van der Waals surface area contributed by atoms with Crippen LogP contribution in [-0.4, -0.2) is 12.6 Å². The SMILES string of the molecule is CCOC(=O)/C(=C/Br)Cc1ccc(C)o1. The van der Waals surface area contributed by atoms with E-state index in [0.717, 1.165) is 11.5 Å². The van der Waals surface area contributed by atoms with Crippen molar-refractivity contribution in [3.8, 4) is 0 Å². The number of esters is 1. The maximum atomic E-state index is 11.4. The van der Waals surface area contributed by atoms with E-state index < -0.39 is 0 Å². The average Bonchev–Trinajstić information content (AvgIpc) is 2.61. The largest absolute Gasteiger partial charge is 0.466 e. The van der Waals surface area contributed by atoms with Crippen molar-refractivity contribution in [2.45, 2.75) is 20.3 Å². The molecule has 1 rings (SSSR count). The van der Waals surface area contributed by atoms with Crippen molar-refractivity contribution in [2.24, 2.45) is 0 Å². The second-order valence-electron chi connectivity index (χ2n) is 3.04. The quantitative estimate of drug-likeness (QED) is 0.625. The van der Waals surface area contributed by atoms with E-state index in [2.05, 4.69) is 15.9 Å². The molecule has 0 saturated carbocycles. The number of hydrogen-bond donors (Lipinski definition) is 0. The van der Waals surface area contributed by atoms with Crippen LogP contribution in [0.3, 0.4) is 0 Å². The second kappa shape index (κ2) is 5.75. The fourth-order valence-corrected chi connectivity index (χ4v) is 1.50. The van der Waals surface area contributed by atoms with Gasteiger partial charge < -0.3 is 9.15 Å². The molecule has 1 heterocycles. The predicted octanol–water partition coefficient (Wildman–Crippen LogP) is 2.97. The Morgan fingerprint density at radius 2 is 2.33 bits per heavy atom. The lowest BCUT2D eigenvalue weighted by Gasteiger charge is -2.03. The summed E-state index contributed by atoms with van der Waals surface area (Å²) in [5.41, 5.74) is 0.547. The summed E-state index contributed by atoms with van der Waals surface area (Å²) in [5, 5.41) is 0. The van der Waals surface area contributed by atoms with Crippen molar-refractivity contribution in [2.75, 3.05) is 6.61 Å². The van der Waals surface area contributed by atoms with Gasteiger partial charge in [-0.15, -0.1) is 0 Å². The van der Waals surface area contributed by atoms with Gasteiger partial charge in [0, 0.05) is 6.42 Å². The van der Waals surface area contributed by atoms with Crippen LogP contribution in [-0.2, 0) is 16.0 Å². The molecule has 1 aromatic heterocycles. The van der Waals surface area contributed by atoms with Crippen LogP contribution in [0.25, 0.3) is 0 Å². The highest BCUT2D eigenvalue weighted by atomic mass is 79.9. The molecule has 0 fully saturated rings. The van der Waals surface area contributed by atoms with Crippen molar-refractivity contribution < 1.29 is 13.9 Å². The third-order valence-electron chi connectivity index (χ3n) is 1.83. The standard InChI is InChI=1S/C11H13BrO3/c1-3-14-11(13)9(7-12)6-10-5-4-8(2)15-10/h4-5,7H,3,6H2,1-2H3/b9-7+. The van der Waals surface area contributed by atoms with Crippen LogP contribution in [0.15, 0.2) is 27.1 Å². The fourth-order valence-electron chi connectivity index (χ4n) is 1.15. The van der Waals surface area contributed by atoms with Gasteiger partial charge in [-0.3, -0.25) is 0 Å². The Balaban J connectivity index is 2.66. The Bertz CT molecular complexity index is 366. The zero-order chi connectivity index (χ0) is 11.3. The molecule has 0 bridgehead atoms. The predicted molar refractivity (Wildman–Crippen MR) is 60.8 cm³/mol. The number of aryl methyl sites for hydroxylation is 1. The van der Waals surface area contributed by atoms with Crippen LogP contribution in [0, 0.1) is 6.92 Å². The third-order valence-corrected chi connectivity index (χ3v) is 2.38. The van der Waals surface area contributed by atoms with Crippen LogP contribution in [0.1, 0.15) is 18.4 Å². The van der Waals surface area contributed by atoms with Crippen LogP contribution < -0.4 is 0 Å². The van der Waals surface area contributed by atoms with E-state index in [-0.39, 0.29) is 5.97 Å². The molecule has 0 saturated heterocycles. The Hall–Kier alpha value is -1.03. The van der Waals surface area contributed by atoms with Crippen LogP contribution in [0.5, 0.6) is 0 Å². The van der Waals surface area contributed by atoms with Crippen molar-refractivity contribution >= 4 is 21.9 Å². The number of ether oxygens (including phenoxy) is 1. The number of carbonyl (C=O) groups is 1. The summed E-state index contributed by atoms with van der Waals surface area (Å²) in [5.74, 6) is 1.28. The third kappa shape index (κ3) is 3.55. The van der Waals surface area contributed by atoms with E-state index in [1.165, 1.54) is 0 Å². The van der Waals surface area contributed by atoms with Gasteiger partial charge in [0.25, 0.3) is 0 Å². The molecule has 0 aromatic carbocycles. The summed E-state index contributed by atoms with van der Waals surface area (Å²) >= 11 is 3.15. The molecule has 0 N–H and O–H groups in total. The van der Waals surface area contributed by atoms with Crippen LogP contribution >= 0.6 is 15.9 Å². The zero-order valence-corrected chi connectivity index (χ0v) is 10.3. The number of rotatable bonds is 4. The molecule has 0 aliphatic rings. The first-order valence-corrected chi connectivity index (χ1v) is 5.60. The average molecular weight is 273 g/mol. The van der Waals surface area contributed by atoms with Gasteiger partial charge in [0.2, 0.25) is 0 Å². The summed E-state index contributed by atoms with van der Waals surface area (Å²) in [6.07, 6.45) is 0.442. The lowest BCUT2D eigenvalue weighted by atomic mass is 10.2. The monoisotopic (exact) mass is 272 g/mol. The van der Waals surface area contributed by atoms with E-state index in [9.17, 15) is 4.79 Å². The molecule has 0 unspecified atom stereocenters. The van der Waals surface area contributed by atoms with Crippen LogP contribution in [0.2, 0.25) is 0 Å². The van der Waals surface area contributed by atoms with Gasteiger partial charge >= 0.3 is 5.97 Å². The van der Waals surface area contributed by atoms with Crippen molar-refractivity contribution in [1.82, 2.24) is 0 Å². The van der Waals surface area contributed by atoms with E-state index in [1.807, 2.05) is 19.1 Å². The number of halogens is 1. The van der Waals surface area contributed by atoms with E-state index >= 15 is 0 Å². The maximum Gasteiger partial charge on any atom is 0.334 e. The highest BCUT2D eigenvalue weighted by molar-refractivity contribution is 9.11. The molecular formula is C11H13BrO3. The highest BCUT2D eigenvalue weighted by Crippen LogP contribution is 2.14. The lowest BCUT2D eigenvalue weighted by molar-refractivity contribution is -0.138. The summed E-state index contributed by atoms with van der Waals surface area (Å²) in [6, 6.07) is 3.72. The van der Waals surface area contributed by atoms with E-state index in [4.69, 9.17) is 9.15 Å². The minimum absolute atomic E-state index is 0.316. The summed E-state index contributed by atoms with van der Waals surface area (Å²) in [6.45, 7) is 4.02. The van der Waals surface area contributed by atoms with E-state index in [1.54, 1.807) is 11.9 Å². The first kappa shape index (κ1) is 12.0. The minimum Gasteiger partial charge on any atom is -0.466 e. The minimum atomic E-state index is -0.316. The van der Waals surface area contributed by atoms with E-state index in [0.29, 0.717) is 18.6 Å². The maximum absolute atomic E-state index is 11.4. The molecule has 0 atom stereocenters. The summed E-state index contributed by atoms with van der Waals surface area (Å²) in [4.78, 5) is 13.0. The van der Waals surface area contributed by atoms with Gasteiger partial charge in [-0.1, -0.05) is 15.9 Å². The molecule has 0 spiro atoms. The van der Waals surface area contributed by atoms with Crippen molar-refractivity contribution in [3.63, 3.8) is 0 Å². The first-order chi connectivity index (χ1) is 7.17. The molecular weight excluding hydrogens is 260 g/mol. The smallest absolute Gasteiger partial charge is 0.334 e. The van der Waals surface area contributed by atoms with Gasteiger partial charge in [-0.05, 0) is 31.0 Å². The molecule has 4 heteroatoms. The van der Waals surface area contributed by atoms with Gasteiger partial charge in [0.15, 0.2) is 0 Å². The first-order valence-electron chi connectivity index (χ1n) is 4.69. The highest BCUT2D eigenvalue weighted by Gasteiger charge is 2.12. The normalized spacial score (nSPS) is 11.5. The Labute approximate surface area is 97.2 Å². The Kier molecular flexibility index (Phi) is 4.62. The van der Waals surface area contributed by atoms with Gasteiger partial charge in [-0.2, -0.15) is 0 Å². The number of carbonyl (C=O) groups excluding carboxylic acids is 1. The molecule has 0 aliphatic heterocycles. The topological polar surface area (TPSA) is 39.4 Å². The Morgan fingerprint density at radius 1 is 1.60 bits per heavy atom. The van der Waals surface area contributed by atoms with Gasteiger partial charge in [0.1, 0.15) is 11.5 Å². The molecule has 15 heavy (non-hydrogen) atoms. The molecule has 82 valence electrons. The number of hydrogen-bond acceptors (Lipinski definition) is 3. The van der Waals surface area contributed by atoms with Crippen molar-refractivity contribution in [1.29, 1.82) is 0 Å². The molecule has 0 aliphatic carbocycles. The molecule has 0 radical (unpaired) electrons. The summed E-state index contributed by atoms with van der Waals surface area (Å²) in [7, 11) is 0. The van der Waals surface area contributed by atoms with Crippen molar-refractivity contribution in [3.05, 3.63) is 34.2 Å². The lowest BCUT2D eigenvalue weighted by Crippen LogP contribution is -2.09. The number of furan rings is 1. The van der Waals surface area contributed by atoms with Crippen LogP contribution in [0.4, 0.5) is 0 Å².